The van der Waals surface area contributed by atoms with Gasteiger partial charge in [0.25, 0.3) is 0 Å². The van der Waals surface area contributed by atoms with Crippen molar-refractivity contribution in [2.45, 2.75) is 66.2 Å². The number of allylic oxidation sites excluding steroid dienone is 4. The first-order valence-corrected chi connectivity index (χ1v) is 9.27. The van der Waals surface area contributed by atoms with Gasteiger partial charge in [-0.05, 0) is 76.8 Å². The van der Waals surface area contributed by atoms with Crippen LogP contribution < -0.4 is 0 Å². The third kappa shape index (κ3) is 6.95. The van der Waals surface area contributed by atoms with Crippen molar-refractivity contribution in [3.8, 4) is 17.2 Å². The SMILES string of the molecule is CC(C)=CCC/C(C)=C/CCC(C)CCc1cc(O)c(O)c(C=O)c1O. The van der Waals surface area contributed by atoms with Crippen LogP contribution in [-0.4, -0.2) is 21.6 Å². The summed E-state index contributed by atoms with van der Waals surface area (Å²) in [4.78, 5) is 11.0. The molecule has 0 aliphatic rings. The van der Waals surface area contributed by atoms with Gasteiger partial charge in [-0.15, -0.1) is 0 Å². The second-order valence-electron chi connectivity index (χ2n) is 7.38. The number of benzene rings is 1. The Balaban J connectivity index is 2.50. The summed E-state index contributed by atoms with van der Waals surface area (Å²) in [6, 6.07) is 1.33. The van der Waals surface area contributed by atoms with Gasteiger partial charge < -0.3 is 15.3 Å². The third-order valence-electron chi connectivity index (χ3n) is 4.64. The van der Waals surface area contributed by atoms with Gasteiger partial charge >= 0.3 is 0 Å². The molecule has 0 bridgehead atoms. The van der Waals surface area contributed by atoms with Crippen LogP contribution in [0.25, 0.3) is 0 Å². The predicted molar refractivity (Wildman–Crippen MR) is 106 cm³/mol. The summed E-state index contributed by atoms with van der Waals surface area (Å²) in [5.41, 5.74) is 3.00. The number of hydrogen-bond donors (Lipinski definition) is 3. The van der Waals surface area contributed by atoms with Crippen molar-refractivity contribution in [3.63, 3.8) is 0 Å². The Labute approximate surface area is 156 Å². The Hall–Kier alpha value is -2.23. The van der Waals surface area contributed by atoms with E-state index >= 15 is 0 Å². The first-order valence-electron chi connectivity index (χ1n) is 9.27. The summed E-state index contributed by atoms with van der Waals surface area (Å²) >= 11 is 0. The molecule has 0 aliphatic carbocycles. The summed E-state index contributed by atoms with van der Waals surface area (Å²) in [7, 11) is 0. The zero-order valence-electron chi connectivity index (χ0n) is 16.4. The Morgan fingerprint density at radius 2 is 1.73 bits per heavy atom. The van der Waals surface area contributed by atoms with E-state index in [0.717, 1.165) is 32.1 Å². The summed E-state index contributed by atoms with van der Waals surface area (Å²) < 4.78 is 0. The quantitative estimate of drug-likeness (QED) is 0.218. The molecule has 0 radical (unpaired) electrons. The fraction of sp³-hybridized carbons (Fsp3) is 0.500. The molecule has 1 aromatic rings. The van der Waals surface area contributed by atoms with Crippen molar-refractivity contribution < 1.29 is 20.1 Å². The van der Waals surface area contributed by atoms with E-state index in [-0.39, 0.29) is 17.1 Å². The van der Waals surface area contributed by atoms with Crippen LogP contribution in [0.3, 0.4) is 0 Å². The standard InChI is InChI=1S/C22H32O4/c1-15(2)7-5-8-16(3)9-6-10-17(4)11-12-18-13-20(24)22(26)19(14-23)21(18)25/h7,9,13-14,17,24-26H,5-6,8,10-12H2,1-4H3/b16-9+. The van der Waals surface area contributed by atoms with Gasteiger partial charge in [0.15, 0.2) is 17.8 Å². The summed E-state index contributed by atoms with van der Waals surface area (Å²) in [6.45, 7) is 8.56. The van der Waals surface area contributed by atoms with Crippen LogP contribution in [0, 0.1) is 5.92 Å². The molecule has 0 spiro atoms. The van der Waals surface area contributed by atoms with Gasteiger partial charge in [-0.2, -0.15) is 0 Å². The van der Waals surface area contributed by atoms with Crippen LogP contribution in [0.4, 0.5) is 0 Å². The minimum atomic E-state index is -0.567. The first kappa shape index (κ1) is 21.8. The van der Waals surface area contributed by atoms with Crippen LogP contribution in [0.5, 0.6) is 17.2 Å². The van der Waals surface area contributed by atoms with Crippen LogP contribution in [0.2, 0.25) is 0 Å². The zero-order valence-corrected chi connectivity index (χ0v) is 16.4. The van der Waals surface area contributed by atoms with Gasteiger partial charge in [-0.1, -0.05) is 30.2 Å². The van der Waals surface area contributed by atoms with Gasteiger partial charge in [0.2, 0.25) is 0 Å². The number of phenolic OH excluding ortho intramolecular Hbond substituents is 3. The molecule has 3 N–H and O–H groups in total. The van der Waals surface area contributed by atoms with Crippen molar-refractivity contribution in [2.75, 3.05) is 0 Å². The summed E-state index contributed by atoms with van der Waals surface area (Å²) in [5, 5.41) is 29.3. The minimum absolute atomic E-state index is 0.238. The van der Waals surface area contributed by atoms with Crippen LogP contribution in [0.15, 0.2) is 29.4 Å². The lowest BCUT2D eigenvalue weighted by molar-refractivity contribution is 0.111. The minimum Gasteiger partial charge on any atom is -0.507 e. The van der Waals surface area contributed by atoms with Crippen molar-refractivity contribution in [1.29, 1.82) is 0 Å². The van der Waals surface area contributed by atoms with Crippen LogP contribution in [-0.2, 0) is 6.42 Å². The number of carbonyl (C=O) groups excluding carboxylic acids is 1. The molecule has 4 heteroatoms. The van der Waals surface area contributed by atoms with E-state index < -0.39 is 5.75 Å². The van der Waals surface area contributed by atoms with Gasteiger partial charge in [0, 0.05) is 0 Å². The maximum atomic E-state index is 11.0. The van der Waals surface area contributed by atoms with Gasteiger partial charge in [0.05, 0.1) is 0 Å². The Morgan fingerprint density at radius 3 is 2.35 bits per heavy atom. The Kier molecular flexibility index (Phi) is 8.97. The molecule has 1 aromatic carbocycles. The number of aryl methyl sites for hydroxylation is 1. The lowest BCUT2D eigenvalue weighted by atomic mass is 9.94. The molecule has 0 heterocycles. The average molecular weight is 360 g/mol. The monoisotopic (exact) mass is 360 g/mol. The second-order valence-corrected chi connectivity index (χ2v) is 7.38. The highest BCUT2D eigenvalue weighted by atomic mass is 16.3. The number of aldehydes is 1. The highest BCUT2D eigenvalue weighted by molar-refractivity contribution is 5.86. The molecule has 144 valence electrons. The molecule has 0 amide bonds. The van der Waals surface area contributed by atoms with E-state index in [1.54, 1.807) is 0 Å². The number of aromatic hydroxyl groups is 3. The molecule has 0 aromatic heterocycles. The molecule has 0 saturated carbocycles. The highest BCUT2D eigenvalue weighted by Gasteiger charge is 2.16. The lowest BCUT2D eigenvalue weighted by Gasteiger charge is -2.13. The van der Waals surface area contributed by atoms with E-state index in [4.69, 9.17) is 0 Å². The number of hydrogen-bond acceptors (Lipinski definition) is 4. The van der Waals surface area contributed by atoms with E-state index in [2.05, 4.69) is 39.8 Å². The van der Waals surface area contributed by atoms with Crippen molar-refractivity contribution in [1.82, 2.24) is 0 Å². The normalized spacial score (nSPS) is 12.7. The molecule has 0 aliphatic heterocycles. The van der Waals surface area contributed by atoms with Crippen LogP contribution >= 0.6 is 0 Å². The van der Waals surface area contributed by atoms with Gasteiger partial charge in [-0.3, -0.25) is 4.79 Å². The van der Waals surface area contributed by atoms with Crippen molar-refractivity contribution in [3.05, 3.63) is 40.5 Å². The Bertz CT molecular complexity index is 667. The van der Waals surface area contributed by atoms with E-state index in [1.165, 1.54) is 17.2 Å². The van der Waals surface area contributed by atoms with E-state index in [0.29, 0.717) is 24.2 Å². The van der Waals surface area contributed by atoms with Gasteiger partial charge in [-0.25, -0.2) is 0 Å². The summed E-state index contributed by atoms with van der Waals surface area (Å²) in [6.07, 6.45) is 10.5. The van der Waals surface area contributed by atoms with Crippen LogP contribution in [0.1, 0.15) is 75.7 Å². The maximum absolute atomic E-state index is 11.0. The molecular formula is C22H32O4. The average Bonchev–Trinajstić information content (AvgIpc) is 2.57. The molecule has 0 fully saturated rings. The topological polar surface area (TPSA) is 77.8 Å². The third-order valence-corrected chi connectivity index (χ3v) is 4.64. The molecule has 1 atom stereocenters. The van der Waals surface area contributed by atoms with E-state index in [1.807, 2.05) is 0 Å². The maximum Gasteiger partial charge on any atom is 0.171 e. The molecular weight excluding hydrogens is 328 g/mol. The number of phenols is 3. The van der Waals surface area contributed by atoms with Crippen molar-refractivity contribution in [2.24, 2.45) is 5.92 Å². The Morgan fingerprint density at radius 1 is 1.04 bits per heavy atom. The number of carbonyl (C=O) groups is 1. The molecule has 0 saturated heterocycles. The highest BCUT2D eigenvalue weighted by Crippen LogP contribution is 2.38. The number of rotatable bonds is 10. The summed E-state index contributed by atoms with van der Waals surface area (Å²) in [5.74, 6) is -0.727. The lowest BCUT2D eigenvalue weighted by Crippen LogP contribution is -1.99. The molecule has 26 heavy (non-hydrogen) atoms. The largest absolute Gasteiger partial charge is 0.507 e. The first-order chi connectivity index (χ1) is 12.3. The van der Waals surface area contributed by atoms with Crippen molar-refractivity contribution >= 4 is 6.29 Å². The molecule has 1 unspecified atom stereocenters. The molecule has 1 rings (SSSR count). The van der Waals surface area contributed by atoms with Gasteiger partial charge in [0.1, 0.15) is 11.3 Å². The second kappa shape index (κ2) is 10.7. The predicted octanol–water partition coefficient (Wildman–Crippen LogP) is 5.66. The zero-order chi connectivity index (χ0) is 19.7. The van der Waals surface area contributed by atoms with E-state index in [9.17, 15) is 20.1 Å². The fourth-order valence-corrected chi connectivity index (χ4v) is 2.88. The fourth-order valence-electron chi connectivity index (χ4n) is 2.88. The smallest absolute Gasteiger partial charge is 0.171 e. The molecule has 4 nitrogen and oxygen atoms in total.